The molecule has 0 saturated carbocycles. The zero-order chi connectivity index (χ0) is 23.7. The fraction of sp³-hybridized carbons (Fsp3) is 0.154. The second-order valence-electron chi connectivity index (χ2n) is 8.01. The summed E-state index contributed by atoms with van der Waals surface area (Å²) in [7, 11) is 0. The highest BCUT2D eigenvalue weighted by Crippen LogP contribution is 2.43. The minimum absolute atomic E-state index is 0.0116. The number of hydrogen-bond donors (Lipinski definition) is 1. The van der Waals surface area contributed by atoms with Crippen LogP contribution >= 0.6 is 11.8 Å². The van der Waals surface area contributed by atoms with Gasteiger partial charge in [-0.05, 0) is 54.4 Å². The standard InChI is InChI=1S/C26H21F2N3O2S/c27-22-11-8-18(14-23(22)28)25-21(15-31(29-25)19-4-2-1-3-5-19)26-30(24(33)16-34-26)13-12-17-6-9-20(32)10-7-17/h1-11,14-15,26,32H,12-13,16H2. The van der Waals surface area contributed by atoms with Crippen molar-refractivity contribution in [2.24, 2.45) is 0 Å². The number of phenolic OH excluding ortho intramolecular Hbond substituents is 1. The summed E-state index contributed by atoms with van der Waals surface area (Å²) in [6.07, 6.45) is 2.48. The molecule has 3 aromatic carbocycles. The normalized spacial score (nSPS) is 15.8. The first kappa shape index (κ1) is 22.2. The number of carbonyl (C=O) groups excluding carboxylic acids is 1. The Bertz CT molecular complexity index is 1330. The van der Waals surface area contributed by atoms with Gasteiger partial charge < -0.3 is 10.0 Å². The molecule has 0 bridgehead atoms. The highest BCUT2D eigenvalue weighted by atomic mass is 32.2. The Labute approximate surface area is 199 Å². The van der Waals surface area contributed by atoms with Gasteiger partial charge in [-0.15, -0.1) is 11.8 Å². The van der Waals surface area contributed by atoms with Crippen molar-refractivity contribution in [1.29, 1.82) is 0 Å². The van der Waals surface area contributed by atoms with Gasteiger partial charge in [-0.3, -0.25) is 4.79 Å². The van der Waals surface area contributed by atoms with Gasteiger partial charge in [-0.2, -0.15) is 5.10 Å². The van der Waals surface area contributed by atoms with Crippen molar-refractivity contribution in [2.45, 2.75) is 11.8 Å². The molecule has 0 spiro atoms. The van der Waals surface area contributed by atoms with Crippen molar-refractivity contribution >= 4 is 17.7 Å². The van der Waals surface area contributed by atoms with Gasteiger partial charge in [0.05, 0.1) is 17.1 Å². The van der Waals surface area contributed by atoms with Gasteiger partial charge in [-0.25, -0.2) is 13.5 Å². The number of amides is 1. The maximum atomic E-state index is 14.1. The summed E-state index contributed by atoms with van der Waals surface area (Å²) in [5, 5.41) is 13.9. The second-order valence-corrected chi connectivity index (χ2v) is 9.08. The molecule has 0 radical (unpaired) electrons. The number of phenols is 1. The molecule has 1 saturated heterocycles. The Morgan fingerprint density at radius 3 is 2.50 bits per heavy atom. The van der Waals surface area contributed by atoms with E-state index in [2.05, 4.69) is 0 Å². The first-order valence-corrected chi connectivity index (χ1v) is 11.8. The molecule has 1 N–H and O–H groups in total. The predicted octanol–water partition coefficient (Wildman–Crippen LogP) is 5.34. The zero-order valence-electron chi connectivity index (χ0n) is 18.1. The number of benzene rings is 3. The van der Waals surface area contributed by atoms with E-state index in [9.17, 15) is 18.7 Å². The van der Waals surface area contributed by atoms with Crippen molar-refractivity contribution in [2.75, 3.05) is 12.3 Å². The number of halogens is 2. The van der Waals surface area contributed by atoms with Gasteiger partial charge in [0.25, 0.3) is 0 Å². The SMILES string of the molecule is O=C1CSC(c2cn(-c3ccccc3)nc2-c2ccc(F)c(F)c2)N1CCc1ccc(O)cc1. The highest BCUT2D eigenvalue weighted by molar-refractivity contribution is 8.00. The summed E-state index contributed by atoms with van der Waals surface area (Å²) in [6.45, 7) is 0.481. The third-order valence-corrected chi connectivity index (χ3v) is 7.01. The molecule has 1 fully saturated rings. The molecule has 1 aliphatic rings. The van der Waals surface area contributed by atoms with Crippen molar-refractivity contribution in [3.05, 3.63) is 102 Å². The van der Waals surface area contributed by atoms with Crippen LogP contribution in [0.4, 0.5) is 8.78 Å². The topological polar surface area (TPSA) is 58.4 Å². The molecule has 1 aromatic heterocycles. The molecular weight excluding hydrogens is 456 g/mol. The minimum atomic E-state index is -0.947. The van der Waals surface area contributed by atoms with E-state index < -0.39 is 11.6 Å². The third-order valence-electron chi connectivity index (χ3n) is 5.77. The Balaban J connectivity index is 1.52. The van der Waals surface area contributed by atoms with E-state index >= 15 is 0 Å². The smallest absolute Gasteiger partial charge is 0.233 e. The molecule has 5 nitrogen and oxygen atoms in total. The van der Waals surface area contributed by atoms with Crippen molar-refractivity contribution in [3.8, 4) is 22.7 Å². The number of rotatable bonds is 6. The van der Waals surface area contributed by atoms with Crippen LogP contribution < -0.4 is 0 Å². The van der Waals surface area contributed by atoms with Crippen LogP contribution in [-0.4, -0.2) is 38.0 Å². The number of hydrogen-bond acceptors (Lipinski definition) is 4. The molecule has 1 atom stereocenters. The summed E-state index contributed by atoms with van der Waals surface area (Å²) < 4.78 is 29.4. The van der Waals surface area contributed by atoms with Gasteiger partial charge in [0.1, 0.15) is 11.1 Å². The van der Waals surface area contributed by atoms with E-state index in [0.717, 1.165) is 28.9 Å². The number of thioether (sulfide) groups is 1. The van der Waals surface area contributed by atoms with E-state index in [4.69, 9.17) is 5.10 Å². The summed E-state index contributed by atoms with van der Waals surface area (Å²) in [5.74, 6) is -1.34. The van der Waals surface area contributed by atoms with E-state index in [0.29, 0.717) is 30.0 Å². The summed E-state index contributed by atoms with van der Waals surface area (Å²) >= 11 is 1.49. The van der Waals surface area contributed by atoms with E-state index in [1.54, 1.807) is 21.7 Å². The molecule has 1 amide bonds. The molecule has 1 aliphatic heterocycles. The minimum Gasteiger partial charge on any atom is -0.508 e. The molecule has 34 heavy (non-hydrogen) atoms. The van der Waals surface area contributed by atoms with Crippen LogP contribution in [0.1, 0.15) is 16.5 Å². The fourth-order valence-corrected chi connectivity index (χ4v) is 5.24. The number of nitrogens with zero attached hydrogens (tertiary/aromatic N) is 3. The summed E-state index contributed by atoms with van der Waals surface area (Å²) in [5.41, 5.74) is 3.53. The van der Waals surface area contributed by atoms with Crippen LogP contribution in [0.25, 0.3) is 16.9 Å². The van der Waals surface area contributed by atoms with Gasteiger partial charge in [0.2, 0.25) is 5.91 Å². The average molecular weight is 478 g/mol. The largest absolute Gasteiger partial charge is 0.508 e. The van der Waals surface area contributed by atoms with Crippen LogP contribution in [0.15, 0.2) is 79.0 Å². The van der Waals surface area contributed by atoms with E-state index in [1.807, 2.05) is 48.7 Å². The third kappa shape index (κ3) is 4.41. The molecule has 4 aromatic rings. The molecule has 5 rings (SSSR count). The van der Waals surface area contributed by atoms with E-state index in [1.165, 1.54) is 17.8 Å². The van der Waals surface area contributed by atoms with Gasteiger partial charge in [0.15, 0.2) is 11.6 Å². The van der Waals surface area contributed by atoms with Gasteiger partial charge >= 0.3 is 0 Å². The van der Waals surface area contributed by atoms with Crippen molar-refractivity contribution in [1.82, 2.24) is 14.7 Å². The van der Waals surface area contributed by atoms with Crippen LogP contribution in [0.3, 0.4) is 0 Å². The lowest BCUT2D eigenvalue weighted by molar-refractivity contribution is -0.128. The summed E-state index contributed by atoms with van der Waals surface area (Å²) in [4.78, 5) is 14.6. The molecule has 1 unspecified atom stereocenters. The quantitative estimate of drug-likeness (QED) is 0.407. The molecule has 0 aliphatic carbocycles. The first-order chi connectivity index (χ1) is 16.5. The van der Waals surface area contributed by atoms with Crippen LogP contribution in [0.2, 0.25) is 0 Å². The number of para-hydroxylation sites is 1. The lowest BCUT2D eigenvalue weighted by Crippen LogP contribution is -2.30. The Kier molecular flexibility index (Phi) is 6.06. The average Bonchev–Trinajstić information content (AvgIpc) is 3.45. The number of carbonyl (C=O) groups is 1. The Hall–Kier alpha value is -3.65. The lowest BCUT2D eigenvalue weighted by atomic mass is 10.1. The Morgan fingerprint density at radius 1 is 1.00 bits per heavy atom. The number of aromatic hydroxyl groups is 1. The molecule has 8 heteroatoms. The first-order valence-electron chi connectivity index (χ1n) is 10.8. The van der Waals surface area contributed by atoms with Gasteiger partial charge in [0, 0.05) is 23.9 Å². The summed E-state index contributed by atoms with van der Waals surface area (Å²) in [6, 6.07) is 20.1. The second kappa shape index (κ2) is 9.30. The Morgan fingerprint density at radius 2 is 1.76 bits per heavy atom. The fourth-order valence-electron chi connectivity index (χ4n) is 4.01. The highest BCUT2D eigenvalue weighted by Gasteiger charge is 2.35. The maximum Gasteiger partial charge on any atom is 0.233 e. The molecule has 172 valence electrons. The lowest BCUT2D eigenvalue weighted by Gasteiger charge is -2.24. The molecular formula is C26H21F2N3O2S. The van der Waals surface area contributed by atoms with E-state index in [-0.39, 0.29) is 17.0 Å². The van der Waals surface area contributed by atoms with Crippen molar-refractivity contribution in [3.63, 3.8) is 0 Å². The van der Waals surface area contributed by atoms with Crippen LogP contribution in [0, 0.1) is 11.6 Å². The van der Waals surface area contributed by atoms with Gasteiger partial charge in [-0.1, -0.05) is 30.3 Å². The van der Waals surface area contributed by atoms with Crippen molar-refractivity contribution < 1.29 is 18.7 Å². The maximum absolute atomic E-state index is 14.1. The monoisotopic (exact) mass is 477 g/mol. The predicted molar refractivity (Wildman–Crippen MR) is 128 cm³/mol. The number of aromatic nitrogens is 2. The van der Waals surface area contributed by atoms with Crippen LogP contribution in [0.5, 0.6) is 5.75 Å². The van der Waals surface area contributed by atoms with Crippen LogP contribution in [-0.2, 0) is 11.2 Å². The molecule has 2 heterocycles. The zero-order valence-corrected chi connectivity index (χ0v) is 18.9.